The molecule has 0 radical (unpaired) electrons. The van der Waals surface area contributed by atoms with Crippen molar-refractivity contribution in [1.82, 2.24) is 4.98 Å². The Hall–Kier alpha value is -0.810. The molecule has 0 aliphatic heterocycles. The molecule has 1 heterocycles. The summed E-state index contributed by atoms with van der Waals surface area (Å²) in [5.74, 6) is -1.10. The third-order valence-corrected chi connectivity index (χ3v) is 2.05. The highest BCUT2D eigenvalue weighted by atomic mass is 35.5. The highest BCUT2D eigenvalue weighted by molar-refractivity contribution is 7.17. The first-order chi connectivity index (χ1) is 4.61. The largest absolute Gasteiger partial charge is 0.477 e. The van der Waals surface area contributed by atoms with Crippen LogP contribution in [0.5, 0.6) is 0 Å². The zero-order chi connectivity index (χ0) is 7.72. The number of hydrogen-bond acceptors (Lipinski definition) is 4. The van der Waals surface area contributed by atoms with Crippen molar-refractivity contribution in [3.8, 4) is 0 Å². The number of carbonyl (C=O) groups is 1. The van der Waals surface area contributed by atoms with Gasteiger partial charge in [0.1, 0.15) is 0 Å². The SMILES string of the molecule is Nc1nc(Cl)c(C(=O)O)s1. The van der Waals surface area contributed by atoms with Crippen molar-refractivity contribution in [2.45, 2.75) is 0 Å². The standard InChI is InChI=1S/C4H3ClN2O2S/c5-2-1(3(8)9)10-4(6)7-2/h(H2,6,7)(H,8,9). The Bertz CT molecular complexity index is 272. The fourth-order valence-electron chi connectivity index (χ4n) is 0.449. The number of carboxylic acids is 1. The summed E-state index contributed by atoms with van der Waals surface area (Å²) >= 11 is 6.24. The van der Waals surface area contributed by atoms with E-state index in [0.29, 0.717) is 0 Å². The number of carboxylic acid groups (broad SMARTS) is 1. The first-order valence-electron chi connectivity index (χ1n) is 2.26. The summed E-state index contributed by atoms with van der Waals surface area (Å²) in [5.41, 5.74) is 5.18. The number of rotatable bonds is 1. The molecule has 0 unspecified atom stereocenters. The zero-order valence-electron chi connectivity index (χ0n) is 4.67. The number of aromatic nitrogens is 1. The second kappa shape index (κ2) is 2.43. The van der Waals surface area contributed by atoms with E-state index in [9.17, 15) is 4.79 Å². The van der Waals surface area contributed by atoms with E-state index in [1.165, 1.54) is 0 Å². The van der Waals surface area contributed by atoms with E-state index < -0.39 is 5.97 Å². The van der Waals surface area contributed by atoms with Gasteiger partial charge >= 0.3 is 5.97 Å². The summed E-state index contributed by atoms with van der Waals surface area (Å²) in [5, 5.41) is 8.53. The van der Waals surface area contributed by atoms with Crippen LogP contribution in [0.15, 0.2) is 0 Å². The predicted molar refractivity (Wildman–Crippen MR) is 38.5 cm³/mol. The highest BCUT2D eigenvalue weighted by Crippen LogP contribution is 2.23. The number of aromatic carboxylic acids is 1. The molecule has 1 aromatic heterocycles. The van der Waals surface area contributed by atoms with Gasteiger partial charge in [-0.3, -0.25) is 0 Å². The number of thiazole rings is 1. The Kier molecular flexibility index (Phi) is 1.78. The Morgan fingerprint density at radius 1 is 1.80 bits per heavy atom. The molecular weight excluding hydrogens is 176 g/mol. The smallest absolute Gasteiger partial charge is 0.349 e. The van der Waals surface area contributed by atoms with E-state index in [1.54, 1.807) is 0 Å². The number of anilines is 1. The molecule has 0 saturated heterocycles. The average Bonchev–Trinajstić information content (AvgIpc) is 2.10. The molecule has 0 atom stereocenters. The third-order valence-electron chi connectivity index (χ3n) is 0.797. The number of hydrogen-bond donors (Lipinski definition) is 2. The van der Waals surface area contributed by atoms with Crippen molar-refractivity contribution in [3.05, 3.63) is 10.0 Å². The van der Waals surface area contributed by atoms with Gasteiger partial charge in [-0.05, 0) is 0 Å². The summed E-state index contributed by atoms with van der Waals surface area (Å²) in [7, 11) is 0. The van der Waals surface area contributed by atoms with Crippen LogP contribution in [0.3, 0.4) is 0 Å². The molecule has 0 fully saturated rings. The zero-order valence-corrected chi connectivity index (χ0v) is 6.24. The number of nitrogen functional groups attached to an aromatic ring is 1. The van der Waals surface area contributed by atoms with Crippen LogP contribution in [0.25, 0.3) is 0 Å². The Morgan fingerprint density at radius 3 is 2.60 bits per heavy atom. The van der Waals surface area contributed by atoms with Crippen molar-refractivity contribution in [2.75, 3.05) is 5.73 Å². The van der Waals surface area contributed by atoms with Crippen LogP contribution < -0.4 is 5.73 Å². The summed E-state index contributed by atoms with van der Waals surface area (Å²) in [6, 6.07) is 0. The van der Waals surface area contributed by atoms with E-state index in [-0.39, 0.29) is 15.2 Å². The van der Waals surface area contributed by atoms with E-state index >= 15 is 0 Å². The molecule has 0 spiro atoms. The predicted octanol–water partition coefficient (Wildman–Crippen LogP) is 1.08. The summed E-state index contributed by atoms with van der Waals surface area (Å²) in [6.45, 7) is 0. The van der Waals surface area contributed by atoms with Crippen LogP contribution in [0.1, 0.15) is 9.67 Å². The van der Waals surface area contributed by atoms with Gasteiger partial charge < -0.3 is 10.8 Å². The number of nitrogens with two attached hydrogens (primary N) is 1. The van der Waals surface area contributed by atoms with Gasteiger partial charge in [0.2, 0.25) is 0 Å². The molecule has 0 aliphatic rings. The fraction of sp³-hybridized carbons (Fsp3) is 0. The molecule has 4 nitrogen and oxygen atoms in total. The lowest BCUT2D eigenvalue weighted by atomic mass is 10.6. The molecule has 0 aliphatic carbocycles. The van der Waals surface area contributed by atoms with Gasteiger partial charge in [-0.15, -0.1) is 0 Å². The molecule has 6 heteroatoms. The molecule has 1 rings (SSSR count). The minimum atomic E-state index is -1.10. The molecule has 0 saturated carbocycles. The topological polar surface area (TPSA) is 76.2 Å². The molecule has 0 bridgehead atoms. The minimum Gasteiger partial charge on any atom is -0.477 e. The summed E-state index contributed by atoms with van der Waals surface area (Å²) in [4.78, 5) is 13.8. The third kappa shape index (κ3) is 1.19. The second-order valence-corrected chi connectivity index (χ2v) is 2.87. The van der Waals surface area contributed by atoms with Gasteiger partial charge in [-0.2, -0.15) is 0 Å². The van der Waals surface area contributed by atoms with Crippen molar-refractivity contribution >= 4 is 34.0 Å². The van der Waals surface area contributed by atoms with Crippen LogP contribution in [-0.4, -0.2) is 16.1 Å². The van der Waals surface area contributed by atoms with Gasteiger partial charge in [-0.1, -0.05) is 22.9 Å². The number of halogens is 1. The monoisotopic (exact) mass is 178 g/mol. The summed E-state index contributed by atoms with van der Waals surface area (Å²) < 4.78 is 0. The minimum absolute atomic E-state index is 0.0147. The van der Waals surface area contributed by atoms with Crippen molar-refractivity contribution in [3.63, 3.8) is 0 Å². The van der Waals surface area contributed by atoms with Crippen LogP contribution in [0.2, 0.25) is 5.15 Å². The molecule has 3 N–H and O–H groups in total. The average molecular weight is 179 g/mol. The lowest BCUT2D eigenvalue weighted by molar-refractivity contribution is 0.0702. The van der Waals surface area contributed by atoms with Crippen molar-refractivity contribution in [1.29, 1.82) is 0 Å². The Labute approximate surface area is 65.3 Å². The van der Waals surface area contributed by atoms with Gasteiger partial charge in [-0.25, -0.2) is 9.78 Å². The molecule has 10 heavy (non-hydrogen) atoms. The summed E-state index contributed by atoms with van der Waals surface area (Å²) in [6.07, 6.45) is 0. The van der Waals surface area contributed by atoms with Crippen molar-refractivity contribution in [2.24, 2.45) is 0 Å². The van der Waals surface area contributed by atoms with Crippen LogP contribution in [0, 0.1) is 0 Å². The van der Waals surface area contributed by atoms with E-state index in [1.807, 2.05) is 0 Å². The van der Waals surface area contributed by atoms with Gasteiger partial charge in [0.15, 0.2) is 15.2 Å². The molecular formula is C4H3ClN2O2S. The maximum absolute atomic E-state index is 10.3. The first-order valence-corrected chi connectivity index (χ1v) is 3.46. The van der Waals surface area contributed by atoms with E-state index in [2.05, 4.69) is 4.98 Å². The Balaban J connectivity index is 3.15. The number of nitrogens with zero attached hydrogens (tertiary/aromatic N) is 1. The maximum Gasteiger partial charge on any atom is 0.349 e. The van der Waals surface area contributed by atoms with Crippen LogP contribution in [0.4, 0.5) is 5.13 Å². The van der Waals surface area contributed by atoms with Crippen LogP contribution >= 0.6 is 22.9 Å². The van der Waals surface area contributed by atoms with Crippen LogP contribution in [-0.2, 0) is 0 Å². The molecule has 0 aromatic carbocycles. The first kappa shape index (κ1) is 7.30. The quantitative estimate of drug-likeness (QED) is 0.675. The van der Waals surface area contributed by atoms with E-state index in [0.717, 1.165) is 11.3 Å². The lowest BCUT2D eigenvalue weighted by Crippen LogP contribution is -1.91. The maximum atomic E-state index is 10.3. The van der Waals surface area contributed by atoms with Crippen molar-refractivity contribution < 1.29 is 9.90 Å². The molecule has 0 amide bonds. The fourth-order valence-corrected chi connectivity index (χ4v) is 1.35. The van der Waals surface area contributed by atoms with Gasteiger partial charge in [0.05, 0.1) is 0 Å². The van der Waals surface area contributed by atoms with E-state index in [4.69, 9.17) is 22.4 Å². The molecule has 1 aromatic rings. The Morgan fingerprint density at radius 2 is 2.40 bits per heavy atom. The van der Waals surface area contributed by atoms with Gasteiger partial charge in [0.25, 0.3) is 0 Å². The second-order valence-electron chi connectivity index (χ2n) is 1.48. The molecule has 54 valence electrons. The van der Waals surface area contributed by atoms with Gasteiger partial charge in [0, 0.05) is 0 Å². The highest BCUT2D eigenvalue weighted by Gasteiger charge is 2.13. The normalized spacial score (nSPS) is 9.70. The lowest BCUT2D eigenvalue weighted by Gasteiger charge is -1.82.